The summed E-state index contributed by atoms with van der Waals surface area (Å²) in [7, 11) is 0. The highest BCUT2D eigenvalue weighted by Crippen LogP contribution is 2.19. The lowest BCUT2D eigenvalue weighted by Crippen LogP contribution is -2.34. The minimum Gasteiger partial charge on any atom is -0.332 e. The first-order valence-corrected chi connectivity index (χ1v) is 7.29. The number of hydrogen-bond donors (Lipinski definition) is 2. The van der Waals surface area contributed by atoms with E-state index in [-0.39, 0.29) is 16.0 Å². The van der Waals surface area contributed by atoms with Crippen LogP contribution < -0.4 is 10.6 Å². The van der Waals surface area contributed by atoms with Crippen LogP contribution in [0.3, 0.4) is 0 Å². The zero-order chi connectivity index (χ0) is 16.3. The Morgan fingerprint density at radius 3 is 2.36 bits per heavy atom. The van der Waals surface area contributed by atoms with Crippen molar-refractivity contribution in [1.82, 2.24) is 5.32 Å². The SMILES string of the molecule is Cc1cc(C)cc(C(=O)NC(=S)Nc2ccc(F)c(Cl)c2)c1. The molecule has 0 aliphatic rings. The number of carbonyl (C=O) groups excluding carboxylic acids is 1. The van der Waals surface area contributed by atoms with E-state index in [1.54, 1.807) is 12.1 Å². The zero-order valence-electron chi connectivity index (χ0n) is 12.0. The molecule has 2 rings (SSSR count). The van der Waals surface area contributed by atoms with Gasteiger partial charge in [0.1, 0.15) is 5.82 Å². The Bertz CT molecular complexity index is 729. The fourth-order valence-electron chi connectivity index (χ4n) is 2.02. The highest BCUT2D eigenvalue weighted by molar-refractivity contribution is 7.80. The third-order valence-electron chi connectivity index (χ3n) is 2.89. The topological polar surface area (TPSA) is 41.1 Å². The first-order valence-electron chi connectivity index (χ1n) is 6.51. The van der Waals surface area contributed by atoms with Crippen LogP contribution in [0.5, 0.6) is 0 Å². The van der Waals surface area contributed by atoms with E-state index in [4.69, 9.17) is 23.8 Å². The van der Waals surface area contributed by atoms with Gasteiger partial charge in [-0.1, -0.05) is 28.8 Å². The summed E-state index contributed by atoms with van der Waals surface area (Å²) >= 11 is 10.8. The summed E-state index contributed by atoms with van der Waals surface area (Å²) < 4.78 is 13.1. The quantitative estimate of drug-likeness (QED) is 0.807. The van der Waals surface area contributed by atoms with Gasteiger partial charge in [0.25, 0.3) is 5.91 Å². The summed E-state index contributed by atoms with van der Waals surface area (Å²) in [4.78, 5) is 12.1. The monoisotopic (exact) mass is 336 g/mol. The molecule has 3 nitrogen and oxygen atoms in total. The summed E-state index contributed by atoms with van der Waals surface area (Å²) in [5.41, 5.74) is 3.01. The number of anilines is 1. The van der Waals surface area contributed by atoms with E-state index >= 15 is 0 Å². The number of carbonyl (C=O) groups is 1. The molecule has 2 N–H and O–H groups in total. The molecular weight excluding hydrogens is 323 g/mol. The van der Waals surface area contributed by atoms with Gasteiger partial charge in [-0.25, -0.2) is 4.39 Å². The van der Waals surface area contributed by atoms with E-state index < -0.39 is 5.82 Å². The van der Waals surface area contributed by atoms with Crippen LogP contribution in [0, 0.1) is 19.7 Å². The van der Waals surface area contributed by atoms with E-state index in [0.29, 0.717) is 11.3 Å². The van der Waals surface area contributed by atoms with Crippen LogP contribution in [0.2, 0.25) is 5.02 Å². The minimum atomic E-state index is -0.516. The second-order valence-corrected chi connectivity index (χ2v) is 5.73. The van der Waals surface area contributed by atoms with Crippen LogP contribution in [-0.2, 0) is 0 Å². The van der Waals surface area contributed by atoms with E-state index in [1.807, 2.05) is 19.9 Å². The molecule has 6 heteroatoms. The molecule has 0 unspecified atom stereocenters. The number of hydrogen-bond acceptors (Lipinski definition) is 2. The van der Waals surface area contributed by atoms with Crippen molar-refractivity contribution >= 4 is 40.5 Å². The molecule has 0 saturated heterocycles. The zero-order valence-corrected chi connectivity index (χ0v) is 13.6. The van der Waals surface area contributed by atoms with Gasteiger partial charge in [0, 0.05) is 11.3 Å². The number of aryl methyl sites for hydroxylation is 2. The number of benzene rings is 2. The average Bonchev–Trinajstić information content (AvgIpc) is 2.41. The second kappa shape index (κ2) is 6.85. The fraction of sp³-hybridized carbons (Fsp3) is 0.125. The second-order valence-electron chi connectivity index (χ2n) is 4.91. The standard InChI is InChI=1S/C16H14ClFN2OS/c1-9-5-10(2)7-11(6-9)15(21)20-16(22)19-12-3-4-14(18)13(17)8-12/h3-8H,1-2H3,(H2,19,20,21,22). The van der Waals surface area contributed by atoms with Crippen molar-refractivity contribution in [3.05, 3.63) is 63.9 Å². The Labute approximate surface area is 138 Å². The minimum absolute atomic E-state index is 0.0200. The molecule has 2 aromatic carbocycles. The predicted octanol–water partition coefficient (Wildman–Crippen LogP) is 4.22. The molecule has 0 bridgehead atoms. The maximum absolute atomic E-state index is 13.1. The van der Waals surface area contributed by atoms with E-state index in [2.05, 4.69) is 10.6 Å². The van der Waals surface area contributed by atoms with E-state index in [9.17, 15) is 9.18 Å². The van der Waals surface area contributed by atoms with Gasteiger partial charge in [-0.2, -0.15) is 0 Å². The molecule has 0 fully saturated rings. The van der Waals surface area contributed by atoms with Gasteiger partial charge in [-0.15, -0.1) is 0 Å². The normalized spacial score (nSPS) is 10.2. The lowest BCUT2D eigenvalue weighted by Gasteiger charge is -2.11. The molecule has 1 amide bonds. The van der Waals surface area contributed by atoms with Gasteiger partial charge in [0.05, 0.1) is 5.02 Å². The number of halogens is 2. The summed E-state index contributed by atoms with van der Waals surface area (Å²) in [5, 5.41) is 5.46. The van der Waals surface area contributed by atoms with Gasteiger partial charge < -0.3 is 5.32 Å². The highest BCUT2D eigenvalue weighted by atomic mass is 35.5. The van der Waals surface area contributed by atoms with E-state index in [0.717, 1.165) is 11.1 Å². The van der Waals surface area contributed by atoms with Crippen LogP contribution in [-0.4, -0.2) is 11.0 Å². The highest BCUT2D eigenvalue weighted by Gasteiger charge is 2.09. The van der Waals surface area contributed by atoms with E-state index in [1.165, 1.54) is 18.2 Å². The average molecular weight is 337 g/mol. The van der Waals surface area contributed by atoms with Crippen molar-refractivity contribution in [3.63, 3.8) is 0 Å². The lowest BCUT2D eigenvalue weighted by molar-refractivity contribution is 0.0977. The molecular formula is C16H14ClFN2OS. The summed E-state index contributed by atoms with van der Waals surface area (Å²) in [5.74, 6) is -0.824. The maximum atomic E-state index is 13.1. The van der Waals surface area contributed by atoms with Gasteiger partial charge in [-0.05, 0) is 56.4 Å². The van der Waals surface area contributed by atoms with Crippen LogP contribution in [0.1, 0.15) is 21.5 Å². The lowest BCUT2D eigenvalue weighted by atomic mass is 10.1. The van der Waals surface area contributed by atoms with Gasteiger partial charge >= 0.3 is 0 Å². The molecule has 0 aliphatic heterocycles. The fourth-order valence-corrected chi connectivity index (χ4v) is 2.41. The van der Waals surface area contributed by atoms with Crippen LogP contribution >= 0.6 is 23.8 Å². The summed E-state index contributed by atoms with van der Waals surface area (Å²) in [6.45, 7) is 3.84. The number of nitrogens with one attached hydrogen (secondary N) is 2. The van der Waals surface area contributed by atoms with Crippen LogP contribution in [0.25, 0.3) is 0 Å². The number of thiocarbonyl (C=S) groups is 1. The Morgan fingerprint density at radius 2 is 1.77 bits per heavy atom. The summed E-state index contributed by atoms with van der Waals surface area (Å²) in [6.07, 6.45) is 0. The largest absolute Gasteiger partial charge is 0.332 e. The molecule has 2 aromatic rings. The maximum Gasteiger partial charge on any atom is 0.257 e. The predicted molar refractivity (Wildman–Crippen MR) is 91.0 cm³/mol. The van der Waals surface area contributed by atoms with Crippen molar-refractivity contribution in [2.75, 3.05) is 5.32 Å². The molecule has 0 atom stereocenters. The van der Waals surface area contributed by atoms with Gasteiger partial charge in [0.2, 0.25) is 0 Å². The Morgan fingerprint density at radius 1 is 1.14 bits per heavy atom. The molecule has 114 valence electrons. The number of amides is 1. The first kappa shape index (κ1) is 16.4. The van der Waals surface area contributed by atoms with Crippen molar-refractivity contribution in [2.45, 2.75) is 13.8 Å². The molecule has 0 heterocycles. The molecule has 0 spiro atoms. The van der Waals surface area contributed by atoms with Gasteiger partial charge in [-0.3, -0.25) is 10.1 Å². The van der Waals surface area contributed by atoms with Crippen molar-refractivity contribution in [1.29, 1.82) is 0 Å². The molecule has 0 aliphatic carbocycles. The Kier molecular flexibility index (Phi) is 5.11. The third kappa shape index (κ3) is 4.26. The third-order valence-corrected chi connectivity index (χ3v) is 3.38. The molecule has 0 aromatic heterocycles. The Hall–Kier alpha value is -1.98. The van der Waals surface area contributed by atoms with Crippen LogP contribution in [0.4, 0.5) is 10.1 Å². The van der Waals surface area contributed by atoms with Crippen molar-refractivity contribution < 1.29 is 9.18 Å². The molecule has 22 heavy (non-hydrogen) atoms. The first-order chi connectivity index (χ1) is 10.3. The number of rotatable bonds is 2. The van der Waals surface area contributed by atoms with Gasteiger partial charge in [0.15, 0.2) is 5.11 Å². The van der Waals surface area contributed by atoms with Crippen LogP contribution in [0.15, 0.2) is 36.4 Å². The van der Waals surface area contributed by atoms with Crippen molar-refractivity contribution in [3.8, 4) is 0 Å². The smallest absolute Gasteiger partial charge is 0.257 e. The Balaban J connectivity index is 2.04. The summed E-state index contributed by atoms with van der Waals surface area (Å²) in [6, 6.07) is 9.63. The molecule has 0 saturated carbocycles. The van der Waals surface area contributed by atoms with Crippen molar-refractivity contribution in [2.24, 2.45) is 0 Å². The molecule has 0 radical (unpaired) electrons.